The number of benzene rings is 1. The van der Waals surface area contributed by atoms with Crippen LogP contribution in [-0.2, 0) is 6.54 Å². The molecular weight excluding hydrogens is 248 g/mol. The summed E-state index contributed by atoms with van der Waals surface area (Å²) in [6, 6.07) is 13.9. The van der Waals surface area contributed by atoms with E-state index in [1.54, 1.807) is 16.7 Å². The molecule has 106 valence electrons. The Hall–Kier alpha value is -1.87. The number of rotatable bonds is 6. The molecule has 0 saturated heterocycles. The van der Waals surface area contributed by atoms with E-state index in [1.807, 2.05) is 12.3 Å². The normalized spacial score (nSPS) is 12.3. The Morgan fingerprint density at radius 3 is 2.55 bits per heavy atom. The van der Waals surface area contributed by atoms with E-state index >= 15 is 0 Å². The lowest BCUT2D eigenvalue weighted by Crippen LogP contribution is -2.30. The van der Waals surface area contributed by atoms with Crippen molar-refractivity contribution in [1.29, 1.82) is 0 Å². The van der Waals surface area contributed by atoms with Gasteiger partial charge in [0.05, 0.1) is 6.04 Å². The average molecular weight is 270 g/mol. The molecule has 2 aromatic rings. The van der Waals surface area contributed by atoms with E-state index in [4.69, 9.17) is 0 Å². The van der Waals surface area contributed by atoms with Crippen LogP contribution in [0.1, 0.15) is 30.5 Å². The van der Waals surface area contributed by atoms with Crippen LogP contribution in [0.15, 0.2) is 53.5 Å². The van der Waals surface area contributed by atoms with Crippen molar-refractivity contribution in [2.24, 2.45) is 0 Å². The van der Waals surface area contributed by atoms with Gasteiger partial charge in [-0.25, -0.2) is 0 Å². The zero-order valence-corrected chi connectivity index (χ0v) is 12.2. The van der Waals surface area contributed by atoms with E-state index in [0.29, 0.717) is 6.54 Å². The van der Waals surface area contributed by atoms with Gasteiger partial charge in [-0.1, -0.05) is 42.8 Å². The quantitative estimate of drug-likeness (QED) is 0.875. The molecule has 0 radical (unpaired) electrons. The van der Waals surface area contributed by atoms with Crippen molar-refractivity contribution in [3.63, 3.8) is 0 Å². The molecule has 1 aromatic heterocycles. The Morgan fingerprint density at radius 2 is 1.90 bits per heavy atom. The van der Waals surface area contributed by atoms with Gasteiger partial charge in [0, 0.05) is 18.8 Å². The number of pyridine rings is 1. The van der Waals surface area contributed by atoms with E-state index in [9.17, 15) is 4.79 Å². The van der Waals surface area contributed by atoms with E-state index in [0.717, 1.165) is 13.0 Å². The Labute approximate surface area is 120 Å². The molecule has 0 fully saturated rings. The highest BCUT2D eigenvalue weighted by atomic mass is 16.1. The van der Waals surface area contributed by atoms with Gasteiger partial charge in [0.15, 0.2) is 0 Å². The first-order valence-electron chi connectivity index (χ1n) is 7.16. The number of nitrogens with one attached hydrogen (secondary N) is 1. The van der Waals surface area contributed by atoms with Crippen molar-refractivity contribution in [3.05, 3.63) is 70.1 Å². The summed E-state index contributed by atoms with van der Waals surface area (Å²) < 4.78 is 1.76. The average Bonchev–Trinajstić information content (AvgIpc) is 2.46. The summed E-state index contributed by atoms with van der Waals surface area (Å²) in [4.78, 5) is 11.8. The molecule has 0 bridgehead atoms. The zero-order chi connectivity index (χ0) is 14.4. The maximum Gasteiger partial charge on any atom is 0.250 e. The first kappa shape index (κ1) is 14.5. The van der Waals surface area contributed by atoms with Crippen molar-refractivity contribution in [3.8, 4) is 0 Å². The van der Waals surface area contributed by atoms with Crippen molar-refractivity contribution < 1.29 is 0 Å². The van der Waals surface area contributed by atoms with E-state index in [1.165, 1.54) is 11.1 Å². The van der Waals surface area contributed by atoms with Crippen LogP contribution in [0.3, 0.4) is 0 Å². The van der Waals surface area contributed by atoms with Crippen molar-refractivity contribution in [2.75, 3.05) is 6.54 Å². The van der Waals surface area contributed by atoms with Gasteiger partial charge in [0.2, 0.25) is 0 Å². The molecule has 0 aliphatic carbocycles. The largest absolute Gasteiger partial charge is 0.314 e. The Kier molecular flexibility index (Phi) is 5.13. The number of aryl methyl sites for hydroxylation is 1. The highest BCUT2D eigenvalue weighted by molar-refractivity contribution is 5.24. The summed E-state index contributed by atoms with van der Waals surface area (Å²) >= 11 is 0. The summed E-state index contributed by atoms with van der Waals surface area (Å²) in [5.74, 6) is 0. The van der Waals surface area contributed by atoms with Crippen LogP contribution in [0.5, 0.6) is 0 Å². The predicted octanol–water partition coefficient (Wildman–Crippen LogP) is 2.90. The molecular formula is C17H22N2O. The third-order valence-electron chi connectivity index (χ3n) is 3.40. The van der Waals surface area contributed by atoms with Crippen LogP contribution >= 0.6 is 0 Å². The molecule has 1 heterocycles. The topological polar surface area (TPSA) is 34.0 Å². The maximum absolute atomic E-state index is 11.8. The maximum atomic E-state index is 11.8. The lowest BCUT2D eigenvalue weighted by molar-refractivity contribution is 0.456. The van der Waals surface area contributed by atoms with Crippen LogP contribution in [0, 0.1) is 6.92 Å². The first-order valence-corrected chi connectivity index (χ1v) is 7.16. The monoisotopic (exact) mass is 270 g/mol. The van der Waals surface area contributed by atoms with Gasteiger partial charge in [-0.15, -0.1) is 0 Å². The highest BCUT2D eigenvalue weighted by Crippen LogP contribution is 2.15. The zero-order valence-electron chi connectivity index (χ0n) is 12.2. The van der Waals surface area contributed by atoms with E-state index in [2.05, 4.69) is 43.4 Å². The van der Waals surface area contributed by atoms with Crippen LogP contribution < -0.4 is 10.9 Å². The predicted molar refractivity (Wildman–Crippen MR) is 82.9 cm³/mol. The van der Waals surface area contributed by atoms with Crippen molar-refractivity contribution in [1.82, 2.24) is 9.88 Å². The molecule has 3 heteroatoms. The minimum atomic E-state index is 0.0444. The minimum Gasteiger partial charge on any atom is -0.314 e. The minimum absolute atomic E-state index is 0.0444. The Balaban J connectivity index is 2.21. The number of hydrogen-bond acceptors (Lipinski definition) is 2. The molecule has 0 saturated carbocycles. The molecule has 1 unspecified atom stereocenters. The van der Waals surface area contributed by atoms with Crippen LogP contribution in [-0.4, -0.2) is 11.1 Å². The summed E-state index contributed by atoms with van der Waals surface area (Å²) in [5, 5.41) is 3.52. The number of hydrogen-bond donors (Lipinski definition) is 1. The second kappa shape index (κ2) is 7.06. The molecule has 0 aliphatic rings. The summed E-state index contributed by atoms with van der Waals surface area (Å²) in [5.41, 5.74) is 2.52. The third-order valence-corrected chi connectivity index (χ3v) is 3.40. The van der Waals surface area contributed by atoms with Crippen LogP contribution in [0.4, 0.5) is 0 Å². The Morgan fingerprint density at radius 1 is 1.15 bits per heavy atom. The molecule has 1 atom stereocenters. The molecule has 0 amide bonds. The summed E-state index contributed by atoms with van der Waals surface area (Å²) in [6.07, 6.45) is 2.92. The van der Waals surface area contributed by atoms with Gasteiger partial charge < -0.3 is 9.88 Å². The number of aromatic nitrogens is 1. The first-order chi connectivity index (χ1) is 9.70. The van der Waals surface area contributed by atoms with Gasteiger partial charge in [-0.2, -0.15) is 0 Å². The molecule has 20 heavy (non-hydrogen) atoms. The summed E-state index contributed by atoms with van der Waals surface area (Å²) in [7, 11) is 0. The fraction of sp³-hybridized carbons (Fsp3) is 0.353. The smallest absolute Gasteiger partial charge is 0.250 e. The molecule has 0 aliphatic heterocycles. The highest BCUT2D eigenvalue weighted by Gasteiger charge is 2.11. The van der Waals surface area contributed by atoms with Crippen molar-refractivity contribution in [2.45, 2.75) is 32.9 Å². The summed E-state index contributed by atoms with van der Waals surface area (Å²) in [6.45, 7) is 5.83. The van der Waals surface area contributed by atoms with Crippen molar-refractivity contribution >= 4 is 0 Å². The molecule has 0 spiro atoms. The fourth-order valence-corrected chi connectivity index (χ4v) is 2.21. The van der Waals surface area contributed by atoms with E-state index < -0.39 is 0 Å². The number of nitrogens with zero attached hydrogens (tertiary/aromatic N) is 1. The second-order valence-electron chi connectivity index (χ2n) is 5.11. The third kappa shape index (κ3) is 3.81. The standard InChI is InChI=1S/C17H22N2O/c1-3-11-18-16(15-9-7-14(2)8-10-15)13-19-12-5-4-6-17(19)20/h4-10,12,16,18H,3,11,13H2,1-2H3. The van der Waals surface area contributed by atoms with Crippen LogP contribution in [0.2, 0.25) is 0 Å². The molecule has 1 aromatic carbocycles. The van der Waals surface area contributed by atoms with Gasteiger partial charge >= 0.3 is 0 Å². The second-order valence-corrected chi connectivity index (χ2v) is 5.11. The Bertz CT molecular complexity index is 586. The van der Waals surface area contributed by atoms with Gasteiger partial charge in [0.1, 0.15) is 0 Å². The molecule has 1 N–H and O–H groups in total. The van der Waals surface area contributed by atoms with Gasteiger partial charge in [-0.05, 0) is 31.5 Å². The van der Waals surface area contributed by atoms with Crippen LogP contribution in [0.25, 0.3) is 0 Å². The lowest BCUT2D eigenvalue weighted by atomic mass is 10.0. The fourth-order valence-electron chi connectivity index (χ4n) is 2.21. The van der Waals surface area contributed by atoms with E-state index in [-0.39, 0.29) is 11.6 Å². The van der Waals surface area contributed by atoms with Gasteiger partial charge in [0.25, 0.3) is 5.56 Å². The molecule has 3 nitrogen and oxygen atoms in total. The SMILES string of the molecule is CCCNC(Cn1ccccc1=O)c1ccc(C)cc1. The lowest BCUT2D eigenvalue weighted by Gasteiger charge is -2.20. The molecule has 2 rings (SSSR count). The van der Waals surface area contributed by atoms with Gasteiger partial charge in [-0.3, -0.25) is 4.79 Å².